The largest absolute Gasteiger partial charge is 0.495 e. The van der Waals surface area contributed by atoms with Gasteiger partial charge in [0.1, 0.15) is 10.6 Å². The van der Waals surface area contributed by atoms with E-state index in [9.17, 15) is 8.42 Å². The summed E-state index contributed by atoms with van der Waals surface area (Å²) in [6, 6.07) is 4.75. The van der Waals surface area contributed by atoms with E-state index < -0.39 is 10.0 Å². The number of hydrogen-bond donors (Lipinski definition) is 2. The SMILES string of the molecule is COc1cc(CN)ccc1S(=O)(=O)NN(C)C. The van der Waals surface area contributed by atoms with Crippen LogP contribution in [0.3, 0.4) is 0 Å². The normalized spacial score (nSPS) is 11.8. The molecule has 96 valence electrons. The molecule has 0 radical (unpaired) electrons. The van der Waals surface area contributed by atoms with Crippen LogP contribution in [0.2, 0.25) is 0 Å². The van der Waals surface area contributed by atoms with Gasteiger partial charge in [0, 0.05) is 20.6 Å². The van der Waals surface area contributed by atoms with Crippen LogP contribution in [0.4, 0.5) is 0 Å². The van der Waals surface area contributed by atoms with Crippen molar-refractivity contribution in [1.82, 2.24) is 9.84 Å². The second-order valence-electron chi connectivity index (χ2n) is 3.68. The second kappa shape index (κ2) is 5.46. The van der Waals surface area contributed by atoms with Crippen molar-refractivity contribution < 1.29 is 13.2 Å². The summed E-state index contributed by atoms with van der Waals surface area (Å²) in [6.45, 7) is 0.331. The van der Waals surface area contributed by atoms with Gasteiger partial charge in [0.25, 0.3) is 10.0 Å². The van der Waals surface area contributed by atoms with Gasteiger partial charge in [-0.1, -0.05) is 6.07 Å². The molecule has 0 atom stereocenters. The van der Waals surface area contributed by atoms with Gasteiger partial charge in [0.2, 0.25) is 0 Å². The first kappa shape index (κ1) is 13.9. The van der Waals surface area contributed by atoms with Crippen LogP contribution in [0, 0.1) is 0 Å². The third-order valence-electron chi connectivity index (χ3n) is 2.06. The van der Waals surface area contributed by atoms with E-state index in [1.54, 1.807) is 26.2 Å². The molecule has 0 aromatic heterocycles. The summed E-state index contributed by atoms with van der Waals surface area (Å²) in [5.74, 6) is 0.280. The zero-order valence-corrected chi connectivity index (χ0v) is 10.9. The highest BCUT2D eigenvalue weighted by atomic mass is 32.2. The van der Waals surface area contributed by atoms with Crippen LogP contribution in [0.25, 0.3) is 0 Å². The molecule has 0 bridgehead atoms. The van der Waals surface area contributed by atoms with Gasteiger partial charge in [-0.2, -0.15) is 0 Å². The smallest absolute Gasteiger partial charge is 0.257 e. The quantitative estimate of drug-likeness (QED) is 0.722. The summed E-state index contributed by atoms with van der Waals surface area (Å²) in [7, 11) is 0.995. The Kier molecular flexibility index (Phi) is 4.47. The maximum absolute atomic E-state index is 12.0. The average Bonchev–Trinajstić information content (AvgIpc) is 2.26. The zero-order valence-electron chi connectivity index (χ0n) is 10.1. The maximum Gasteiger partial charge on any atom is 0.257 e. The molecule has 17 heavy (non-hydrogen) atoms. The molecular weight excluding hydrogens is 242 g/mol. The number of nitrogens with two attached hydrogens (primary N) is 1. The van der Waals surface area contributed by atoms with Crippen LogP contribution in [-0.2, 0) is 16.6 Å². The fraction of sp³-hybridized carbons (Fsp3) is 0.400. The number of sulfonamides is 1. The van der Waals surface area contributed by atoms with E-state index in [-0.39, 0.29) is 10.6 Å². The Morgan fingerprint density at radius 2 is 2.06 bits per heavy atom. The average molecular weight is 259 g/mol. The first-order valence-electron chi connectivity index (χ1n) is 4.97. The molecule has 0 aliphatic carbocycles. The molecule has 0 amide bonds. The van der Waals surface area contributed by atoms with Crippen molar-refractivity contribution in [3.8, 4) is 5.75 Å². The molecule has 0 fully saturated rings. The Balaban J connectivity index is 3.22. The van der Waals surface area contributed by atoms with Crippen molar-refractivity contribution in [1.29, 1.82) is 0 Å². The second-order valence-corrected chi connectivity index (χ2v) is 5.31. The third-order valence-corrected chi connectivity index (χ3v) is 3.58. The Hall–Kier alpha value is -1.15. The molecule has 1 aromatic rings. The number of ether oxygens (including phenoxy) is 1. The van der Waals surface area contributed by atoms with Crippen molar-refractivity contribution in [2.24, 2.45) is 5.73 Å². The highest BCUT2D eigenvalue weighted by molar-refractivity contribution is 7.89. The standard InChI is InChI=1S/C10H17N3O3S/c1-13(2)12-17(14,15)10-5-4-8(7-11)6-9(10)16-3/h4-6,12H,7,11H2,1-3H3. The van der Waals surface area contributed by atoms with Gasteiger partial charge in [-0.15, -0.1) is 4.83 Å². The van der Waals surface area contributed by atoms with Crippen LogP contribution >= 0.6 is 0 Å². The topological polar surface area (TPSA) is 84.7 Å². The van der Waals surface area contributed by atoms with Gasteiger partial charge in [-0.25, -0.2) is 13.4 Å². The lowest BCUT2D eigenvalue weighted by Crippen LogP contribution is -2.36. The highest BCUT2D eigenvalue weighted by Gasteiger charge is 2.20. The van der Waals surface area contributed by atoms with Crippen LogP contribution in [0.1, 0.15) is 5.56 Å². The van der Waals surface area contributed by atoms with Gasteiger partial charge in [-0.3, -0.25) is 0 Å². The fourth-order valence-electron chi connectivity index (χ4n) is 1.35. The molecule has 1 rings (SSSR count). The van der Waals surface area contributed by atoms with Crippen molar-refractivity contribution >= 4 is 10.0 Å². The van der Waals surface area contributed by atoms with Gasteiger partial charge in [-0.05, 0) is 17.7 Å². The number of hydrogen-bond acceptors (Lipinski definition) is 5. The molecule has 3 N–H and O–H groups in total. The number of benzene rings is 1. The number of nitrogens with zero attached hydrogens (tertiary/aromatic N) is 1. The fourth-order valence-corrected chi connectivity index (χ4v) is 2.58. The molecule has 7 heteroatoms. The molecule has 0 aliphatic heterocycles. The van der Waals surface area contributed by atoms with Crippen LogP contribution < -0.4 is 15.3 Å². The van der Waals surface area contributed by atoms with Crippen molar-refractivity contribution in [3.63, 3.8) is 0 Å². The number of hydrazine groups is 1. The van der Waals surface area contributed by atoms with Gasteiger partial charge in [0.05, 0.1) is 7.11 Å². The van der Waals surface area contributed by atoms with E-state index in [1.807, 2.05) is 0 Å². The summed E-state index contributed by atoms with van der Waals surface area (Å²) >= 11 is 0. The monoisotopic (exact) mass is 259 g/mol. The minimum Gasteiger partial charge on any atom is -0.495 e. The van der Waals surface area contributed by atoms with E-state index in [0.717, 1.165) is 5.56 Å². The lowest BCUT2D eigenvalue weighted by atomic mass is 10.2. The maximum atomic E-state index is 12.0. The van der Waals surface area contributed by atoms with Gasteiger partial charge >= 0.3 is 0 Å². The predicted molar refractivity (Wildman–Crippen MR) is 64.9 cm³/mol. The summed E-state index contributed by atoms with van der Waals surface area (Å²) in [5.41, 5.74) is 6.30. The highest BCUT2D eigenvalue weighted by Crippen LogP contribution is 2.24. The lowest BCUT2D eigenvalue weighted by Gasteiger charge is -2.15. The van der Waals surface area contributed by atoms with Crippen molar-refractivity contribution in [2.45, 2.75) is 11.4 Å². The first-order chi connectivity index (χ1) is 7.90. The Bertz CT molecular complexity index is 486. The van der Waals surface area contributed by atoms with Crippen molar-refractivity contribution in [3.05, 3.63) is 23.8 Å². The Morgan fingerprint density at radius 3 is 2.53 bits per heavy atom. The zero-order chi connectivity index (χ0) is 13.1. The number of rotatable bonds is 5. The lowest BCUT2D eigenvalue weighted by molar-refractivity contribution is 0.360. The molecule has 0 spiro atoms. The summed E-state index contributed by atoms with van der Waals surface area (Å²) in [5, 5.41) is 1.35. The molecule has 0 saturated carbocycles. The Morgan fingerprint density at radius 1 is 1.41 bits per heavy atom. The molecule has 0 saturated heterocycles. The number of methoxy groups -OCH3 is 1. The molecular formula is C10H17N3O3S. The minimum absolute atomic E-state index is 0.0888. The summed E-state index contributed by atoms with van der Waals surface area (Å²) in [6.07, 6.45) is 0. The van der Waals surface area contributed by atoms with Gasteiger partial charge in [0.15, 0.2) is 0 Å². The minimum atomic E-state index is -3.62. The Labute approximate surface area is 101 Å². The molecule has 6 nitrogen and oxygen atoms in total. The van der Waals surface area contributed by atoms with E-state index in [2.05, 4.69) is 4.83 Å². The predicted octanol–water partition coefficient (Wildman–Crippen LogP) is -0.0912. The molecule has 0 unspecified atom stereocenters. The van der Waals surface area contributed by atoms with Crippen LogP contribution in [0.5, 0.6) is 5.75 Å². The third kappa shape index (κ3) is 3.40. The van der Waals surface area contributed by atoms with Crippen LogP contribution in [-0.4, -0.2) is 34.6 Å². The summed E-state index contributed by atoms with van der Waals surface area (Å²) in [4.78, 5) is 2.43. The van der Waals surface area contributed by atoms with E-state index in [4.69, 9.17) is 10.5 Å². The van der Waals surface area contributed by atoms with Crippen LogP contribution in [0.15, 0.2) is 23.1 Å². The van der Waals surface area contributed by atoms with Gasteiger partial charge < -0.3 is 10.5 Å². The number of nitrogens with one attached hydrogen (secondary N) is 1. The van der Waals surface area contributed by atoms with E-state index >= 15 is 0 Å². The first-order valence-corrected chi connectivity index (χ1v) is 6.45. The molecule has 1 aromatic carbocycles. The van der Waals surface area contributed by atoms with Crippen molar-refractivity contribution in [2.75, 3.05) is 21.2 Å². The molecule has 0 aliphatic rings. The van der Waals surface area contributed by atoms with E-state index in [0.29, 0.717) is 6.54 Å². The van der Waals surface area contributed by atoms with E-state index in [1.165, 1.54) is 18.2 Å². The summed E-state index contributed by atoms with van der Waals surface area (Å²) < 4.78 is 29.0. The molecule has 0 heterocycles.